The van der Waals surface area contributed by atoms with E-state index in [2.05, 4.69) is 72.1 Å². The summed E-state index contributed by atoms with van der Waals surface area (Å²) in [6, 6.07) is 22.7. The van der Waals surface area contributed by atoms with E-state index in [1.807, 2.05) is 49.4 Å². The molecule has 2 aromatic carbocycles. The van der Waals surface area contributed by atoms with Crippen LogP contribution in [0.25, 0.3) is 23.1 Å². The summed E-state index contributed by atoms with van der Waals surface area (Å²) in [6.07, 6.45) is 13.1. The minimum atomic E-state index is -0.887. The molecule has 1 aromatic heterocycles. The van der Waals surface area contributed by atoms with E-state index in [1.165, 1.54) is 31.4 Å². The molecule has 0 aliphatic carbocycles. The molecule has 1 fully saturated rings. The molecule has 0 bridgehead atoms. The Labute approximate surface area is 283 Å². The van der Waals surface area contributed by atoms with Crippen molar-refractivity contribution in [2.75, 3.05) is 31.2 Å². The van der Waals surface area contributed by atoms with Gasteiger partial charge >= 0.3 is 0 Å². The van der Waals surface area contributed by atoms with Crippen molar-refractivity contribution in [3.05, 3.63) is 122 Å². The molecule has 1 saturated heterocycles. The predicted molar refractivity (Wildman–Crippen MR) is 193 cm³/mol. The van der Waals surface area contributed by atoms with Crippen LogP contribution in [0.5, 0.6) is 5.75 Å². The van der Waals surface area contributed by atoms with Crippen LogP contribution in [0.15, 0.2) is 89.3 Å². The molecule has 47 heavy (non-hydrogen) atoms. The van der Waals surface area contributed by atoms with E-state index in [1.54, 1.807) is 18.3 Å². The van der Waals surface area contributed by atoms with E-state index < -0.39 is 5.60 Å². The average Bonchev–Trinajstić information content (AvgIpc) is 3.74. The molecular weight excluding hydrogens is 603 g/mol. The van der Waals surface area contributed by atoms with Crippen molar-refractivity contribution in [1.29, 1.82) is 5.26 Å². The van der Waals surface area contributed by atoms with Gasteiger partial charge in [0.15, 0.2) is 0 Å². The Kier molecular flexibility index (Phi) is 11.4. The highest BCUT2D eigenvalue weighted by atomic mass is 32.1. The lowest BCUT2D eigenvalue weighted by atomic mass is 9.87. The molecule has 0 saturated carbocycles. The summed E-state index contributed by atoms with van der Waals surface area (Å²) in [7, 11) is 0. The van der Waals surface area contributed by atoms with Gasteiger partial charge in [0.05, 0.1) is 24.8 Å². The minimum absolute atomic E-state index is 0.182. The topological polar surface area (TPSA) is 62.4 Å². The van der Waals surface area contributed by atoms with E-state index in [4.69, 9.17) is 20.8 Å². The summed E-state index contributed by atoms with van der Waals surface area (Å²) < 4.78 is 18.1. The maximum Gasteiger partial charge on any atom is 0.236 e. The summed E-state index contributed by atoms with van der Waals surface area (Å²) in [4.78, 5) is 8.45. The second-order valence-electron chi connectivity index (χ2n) is 12.0. The number of allylic oxidation sites excluding steroid dienone is 1. The second kappa shape index (κ2) is 15.8. The fraction of sp³-hybridized carbons (Fsp3) is 0.350. The molecule has 7 heteroatoms. The molecule has 242 valence electrons. The number of hydrogen-bond donors (Lipinski definition) is 0. The summed E-state index contributed by atoms with van der Waals surface area (Å²) in [5.74, 6) is 1.22. The Balaban J connectivity index is 1.40. The lowest BCUT2D eigenvalue weighted by Crippen LogP contribution is -2.25. The molecule has 3 heterocycles. The zero-order valence-electron chi connectivity index (χ0n) is 27.8. The third-order valence-electron chi connectivity index (χ3n) is 8.48. The molecular formula is C40H43N3O3S. The number of ether oxygens (including phenoxy) is 3. The first kappa shape index (κ1) is 33.8. The Morgan fingerprint density at radius 1 is 1.04 bits per heavy atom. The summed E-state index contributed by atoms with van der Waals surface area (Å²) in [6.45, 7) is 19.5. The number of rotatable bonds is 15. The molecule has 2 aliphatic heterocycles. The van der Waals surface area contributed by atoms with Crippen molar-refractivity contribution in [3.63, 3.8) is 0 Å². The van der Waals surface area contributed by atoms with Crippen molar-refractivity contribution in [2.45, 2.75) is 65.1 Å². The van der Waals surface area contributed by atoms with E-state index >= 15 is 0 Å². The van der Waals surface area contributed by atoms with Gasteiger partial charge in [0, 0.05) is 45.7 Å². The van der Waals surface area contributed by atoms with E-state index in [0.717, 1.165) is 51.9 Å². The fourth-order valence-corrected chi connectivity index (χ4v) is 6.38. The Morgan fingerprint density at radius 2 is 1.72 bits per heavy atom. The molecule has 0 spiro atoms. The number of benzene rings is 2. The van der Waals surface area contributed by atoms with Crippen LogP contribution < -0.4 is 9.64 Å². The highest BCUT2D eigenvalue weighted by Crippen LogP contribution is 2.47. The summed E-state index contributed by atoms with van der Waals surface area (Å²) >= 11 is 1.66. The highest BCUT2D eigenvalue weighted by molar-refractivity contribution is 7.13. The first-order valence-electron chi connectivity index (χ1n) is 16.5. The first-order chi connectivity index (χ1) is 22.9. The van der Waals surface area contributed by atoms with Crippen molar-refractivity contribution >= 4 is 35.3 Å². The second-order valence-corrected chi connectivity index (χ2v) is 13.2. The zero-order chi connectivity index (χ0) is 33.2. The van der Waals surface area contributed by atoms with Gasteiger partial charge in [0.25, 0.3) is 0 Å². The normalized spacial score (nSPS) is 19.9. The maximum absolute atomic E-state index is 9.60. The van der Waals surface area contributed by atoms with Crippen LogP contribution >= 0.6 is 11.3 Å². The minimum Gasteiger partial charge on any atom is -0.490 e. The van der Waals surface area contributed by atoms with Gasteiger partial charge in [0.2, 0.25) is 5.70 Å². The highest BCUT2D eigenvalue weighted by Gasteiger charge is 2.43. The largest absolute Gasteiger partial charge is 0.490 e. The van der Waals surface area contributed by atoms with Crippen molar-refractivity contribution in [3.8, 4) is 11.8 Å². The first-order valence-corrected chi connectivity index (χ1v) is 17.3. The number of nitrogens with zero attached hydrogens (tertiary/aromatic N) is 3. The maximum atomic E-state index is 9.60. The van der Waals surface area contributed by atoms with Gasteiger partial charge < -0.3 is 19.1 Å². The number of nitriles is 1. The van der Waals surface area contributed by atoms with Gasteiger partial charge in [-0.05, 0) is 74.7 Å². The Hall–Kier alpha value is -4.56. The van der Waals surface area contributed by atoms with E-state index in [0.29, 0.717) is 23.6 Å². The summed E-state index contributed by atoms with van der Waals surface area (Å²) in [5, 5.41) is 9.60. The Morgan fingerprint density at radius 3 is 2.34 bits per heavy atom. The monoisotopic (exact) mass is 645 g/mol. The molecule has 3 aromatic rings. The van der Waals surface area contributed by atoms with Crippen molar-refractivity contribution in [2.24, 2.45) is 0 Å². The van der Waals surface area contributed by atoms with Crippen LogP contribution in [0, 0.1) is 17.9 Å². The number of epoxide rings is 1. The van der Waals surface area contributed by atoms with Gasteiger partial charge in [-0.3, -0.25) is 0 Å². The molecule has 5 rings (SSSR count). The van der Waals surface area contributed by atoms with Crippen LogP contribution in [-0.2, 0) is 15.1 Å². The van der Waals surface area contributed by atoms with Gasteiger partial charge in [-0.15, -0.1) is 11.3 Å². The molecule has 2 unspecified atom stereocenters. The van der Waals surface area contributed by atoms with Gasteiger partial charge in [0.1, 0.15) is 29.8 Å². The standard InChI is InChI=1S/C40H43N3O3S/c1-6-8-23-43(24-9-7-2)32-17-15-30(37(25-32)45-28-33-27-44-33)16-18-34-19-20-35(47-34)21-22-36-38(42-5)39(29(3)26-41)46-40(36,4)31-13-11-10-12-14-31/h10-22,25,33H,6-9,23-24,27-28H2,1-4H3/b18-16+,22-21+,39-29+. The molecule has 0 radical (unpaired) electrons. The number of thiophene rings is 1. The summed E-state index contributed by atoms with van der Waals surface area (Å²) in [5.41, 5.74) is 3.77. The SMILES string of the molecule is [C-]#[N+]C1=C(/C=C/c2ccc(/C=C/c3ccc(N(CCCC)CCCC)cc3OCC3CO3)s2)C(C)(c2ccccc2)O/C1=C(\C)C#N. The van der Waals surface area contributed by atoms with Crippen LogP contribution in [0.4, 0.5) is 5.69 Å². The van der Waals surface area contributed by atoms with Gasteiger partial charge in [-0.1, -0.05) is 63.1 Å². The third kappa shape index (κ3) is 8.24. The smallest absolute Gasteiger partial charge is 0.236 e. The van der Waals surface area contributed by atoms with Crippen LogP contribution in [0.1, 0.15) is 74.3 Å². The average molecular weight is 646 g/mol. The number of hydrogen-bond acceptors (Lipinski definition) is 6. The van der Waals surface area contributed by atoms with E-state index in [-0.39, 0.29) is 6.10 Å². The van der Waals surface area contributed by atoms with Gasteiger partial charge in [-0.25, -0.2) is 4.85 Å². The zero-order valence-corrected chi connectivity index (χ0v) is 28.6. The molecule has 0 amide bonds. The lowest BCUT2D eigenvalue weighted by Gasteiger charge is -2.28. The Bertz CT molecular complexity index is 1740. The third-order valence-corrected chi connectivity index (χ3v) is 9.49. The molecule has 2 atom stereocenters. The lowest BCUT2D eigenvalue weighted by molar-refractivity contribution is 0.0750. The molecule has 2 aliphatic rings. The molecule has 0 N–H and O–H groups in total. The van der Waals surface area contributed by atoms with Crippen LogP contribution in [0.2, 0.25) is 0 Å². The quantitative estimate of drug-likeness (QED) is 0.0935. The number of anilines is 1. The van der Waals surface area contributed by atoms with Crippen LogP contribution in [-0.4, -0.2) is 32.4 Å². The van der Waals surface area contributed by atoms with Gasteiger partial charge in [-0.2, -0.15) is 5.26 Å². The number of unbranched alkanes of at least 4 members (excludes halogenated alkanes) is 2. The van der Waals surface area contributed by atoms with Crippen LogP contribution in [0.3, 0.4) is 0 Å². The molecule has 6 nitrogen and oxygen atoms in total. The van der Waals surface area contributed by atoms with E-state index in [9.17, 15) is 5.26 Å². The van der Waals surface area contributed by atoms with Crippen molar-refractivity contribution < 1.29 is 14.2 Å². The fourth-order valence-electron chi connectivity index (χ4n) is 5.56. The van der Waals surface area contributed by atoms with Crippen molar-refractivity contribution in [1.82, 2.24) is 0 Å². The predicted octanol–water partition coefficient (Wildman–Crippen LogP) is 10.0.